The summed E-state index contributed by atoms with van der Waals surface area (Å²) in [6.45, 7) is 7.08. The molecule has 1 saturated carbocycles. The van der Waals surface area contributed by atoms with Crippen molar-refractivity contribution in [2.24, 2.45) is 16.7 Å². The first-order valence-corrected chi connectivity index (χ1v) is 5.65. The molecule has 0 N–H and O–H groups in total. The molecule has 0 radical (unpaired) electrons. The van der Waals surface area contributed by atoms with E-state index in [4.69, 9.17) is 14.7 Å². The predicted octanol–water partition coefficient (Wildman–Crippen LogP) is 1.28. The Balaban J connectivity index is 3.10. The fourth-order valence-electron chi connectivity index (χ4n) is 2.36. The molecule has 0 aromatic heterocycles. The average molecular weight is 239 g/mol. The molecule has 1 aliphatic carbocycles. The van der Waals surface area contributed by atoms with Crippen LogP contribution in [-0.2, 0) is 19.1 Å². The molecule has 0 spiro atoms. The van der Waals surface area contributed by atoms with Gasteiger partial charge in [-0.2, -0.15) is 5.26 Å². The van der Waals surface area contributed by atoms with Gasteiger partial charge in [0.05, 0.1) is 25.2 Å². The summed E-state index contributed by atoms with van der Waals surface area (Å²) in [4.78, 5) is 23.9. The van der Waals surface area contributed by atoms with E-state index < -0.39 is 28.7 Å². The molecule has 1 rings (SSSR count). The van der Waals surface area contributed by atoms with E-state index in [1.54, 1.807) is 27.7 Å². The fourth-order valence-corrected chi connectivity index (χ4v) is 2.36. The maximum Gasteiger partial charge on any atom is 0.325 e. The maximum atomic E-state index is 12.0. The van der Waals surface area contributed by atoms with E-state index in [-0.39, 0.29) is 13.2 Å². The van der Waals surface area contributed by atoms with E-state index in [2.05, 4.69) is 0 Å². The van der Waals surface area contributed by atoms with Crippen LogP contribution >= 0.6 is 0 Å². The van der Waals surface area contributed by atoms with Crippen LogP contribution in [0.1, 0.15) is 27.7 Å². The molecule has 0 saturated heterocycles. The standard InChI is InChI=1S/C12H17NO4/c1-5-16-9(14)12(10(15)17-6-2)8(7-13)11(12,3)4/h8H,5-6H2,1-4H3. The van der Waals surface area contributed by atoms with Crippen LogP contribution in [0.5, 0.6) is 0 Å². The molecule has 0 heterocycles. The van der Waals surface area contributed by atoms with Gasteiger partial charge in [0, 0.05) is 5.41 Å². The second kappa shape index (κ2) is 4.36. The Bertz CT molecular complexity index is 362. The molecule has 1 unspecified atom stereocenters. The normalized spacial score (nSPS) is 23.4. The van der Waals surface area contributed by atoms with Crippen LogP contribution in [0, 0.1) is 28.1 Å². The van der Waals surface area contributed by atoms with Gasteiger partial charge in [0.2, 0.25) is 0 Å². The van der Waals surface area contributed by atoms with Crippen LogP contribution in [0.15, 0.2) is 0 Å². The largest absolute Gasteiger partial charge is 0.465 e. The monoisotopic (exact) mass is 239 g/mol. The van der Waals surface area contributed by atoms with Gasteiger partial charge in [0.25, 0.3) is 0 Å². The molecule has 0 aromatic rings. The number of nitriles is 1. The van der Waals surface area contributed by atoms with Gasteiger partial charge in [-0.05, 0) is 13.8 Å². The number of nitrogens with zero attached hydrogens (tertiary/aromatic N) is 1. The average Bonchev–Trinajstić information content (AvgIpc) is 2.76. The van der Waals surface area contributed by atoms with Crippen molar-refractivity contribution in [1.82, 2.24) is 0 Å². The summed E-state index contributed by atoms with van der Waals surface area (Å²) in [6, 6.07) is 2.00. The van der Waals surface area contributed by atoms with Crippen LogP contribution in [0.4, 0.5) is 0 Å². The minimum Gasteiger partial charge on any atom is -0.465 e. The molecule has 94 valence electrons. The van der Waals surface area contributed by atoms with Gasteiger partial charge >= 0.3 is 11.9 Å². The van der Waals surface area contributed by atoms with Crippen molar-refractivity contribution in [3.63, 3.8) is 0 Å². The second-order valence-corrected chi connectivity index (χ2v) is 4.53. The first kappa shape index (κ1) is 13.5. The number of ether oxygens (including phenoxy) is 2. The molecular weight excluding hydrogens is 222 g/mol. The number of carbonyl (C=O) groups excluding carboxylic acids is 2. The van der Waals surface area contributed by atoms with Crippen LogP contribution in [0.25, 0.3) is 0 Å². The van der Waals surface area contributed by atoms with Gasteiger partial charge in [0.1, 0.15) is 0 Å². The molecule has 17 heavy (non-hydrogen) atoms. The molecule has 0 amide bonds. The zero-order chi connectivity index (χ0) is 13.3. The van der Waals surface area contributed by atoms with Gasteiger partial charge in [-0.15, -0.1) is 0 Å². The van der Waals surface area contributed by atoms with Gasteiger partial charge in [-0.25, -0.2) is 0 Å². The third kappa shape index (κ3) is 1.59. The minimum atomic E-state index is -1.45. The molecule has 0 aliphatic heterocycles. The summed E-state index contributed by atoms with van der Waals surface area (Å²) in [5, 5.41) is 9.05. The van der Waals surface area contributed by atoms with E-state index in [0.717, 1.165) is 0 Å². The Morgan fingerprint density at radius 1 is 1.18 bits per heavy atom. The Kier molecular flexibility index (Phi) is 3.46. The smallest absolute Gasteiger partial charge is 0.325 e. The van der Waals surface area contributed by atoms with Crippen LogP contribution in [0.2, 0.25) is 0 Å². The van der Waals surface area contributed by atoms with Gasteiger partial charge in [-0.3, -0.25) is 9.59 Å². The number of carbonyl (C=O) groups is 2. The van der Waals surface area contributed by atoms with Crippen LogP contribution in [0.3, 0.4) is 0 Å². The molecule has 1 aliphatic rings. The highest BCUT2D eigenvalue weighted by molar-refractivity contribution is 6.06. The van der Waals surface area contributed by atoms with E-state index in [1.807, 2.05) is 6.07 Å². The van der Waals surface area contributed by atoms with E-state index in [1.165, 1.54) is 0 Å². The Labute approximate surface area is 101 Å². The summed E-state index contributed by atoms with van der Waals surface area (Å²) >= 11 is 0. The van der Waals surface area contributed by atoms with Crippen molar-refractivity contribution in [1.29, 1.82) is 5.26 Å². The van der Waals surface area contributed by atoms with Gasteiger partial charge in [0.15, 0.2) is 5.41 Å². The summed E-state index contributed by atoms with van der Waals surface area (Å²) < 4.78 is 9.83. The van der Waals surface area contributed by atoms with Crippen LogP contribution in [-0.4, -0.2) is 25.2 Å². The maximum absolute atomic E-state index is 12.0. The molecular formula is C12H17NO4. The summed E-state index contributed by atoms with van der Waals surface area (Å²) in [5.74, 6) is -2.00. The van der Waals surface area contributed by atoms with E-state index in [0.29, 0.717) is 0 Å². The topological polar surface area (TPSA) is 76.4 Å². The highest BCUT2D eigenvalue weighted by Crippen LogP contribution is 2.69. The Morgan fingerprint density at radius 3 is 1.82 bits per heavy atom. The van der Waals surface area contributed by atoms with Crippen molar-refractivity contribution >= 4 is 11.9 Å². The zero-order valence-electron chi connectivity index (χ0n) is 10.6. The molecule has 5 heteroatoms. The highest BCUT2D eigenvalue weighted by Gasteiger charge is 2.82. The third-order valence-corrected chi connectivity index (χ3v) is 3.41. The number of esters is 2. The van der Waals surface area contributed by atoms with Gasteiger partial charge < -0.3 is 9.47 Å². The van der Waals surface area contributed by atoms with Crippen molar-refractivity contribution in [2.75, 3.05) is 13.2 Å². The lowest BCUT2D eigenvalue weighted by Gasteiger charge is -2.16. The Hall–Kier alpha value is -1.57. The third-order valence-electron chi connectivity index (χ3n) is 3.41. The summed E-state index contributed by atoms with van der Waals surface area (Å²) in [7, 11) is 0. The Morgan fingerprint density at radius 2 is 1.59 bits per heavy atom. The number of rotatable bonds is 4. The molecule has 5 nitrogen and oxygen atoms in total. The minimum absolute atomic E-state index is 0.175. The second-order valence-electron chi connectivity index (χ2n) is 4.53. The van der Waals surface area contributed by atoms with E-state index in [9.17, 15) is 9.59 Å². The lowest BCUT2D eigenvalue weighted by atomic mass is 9.96. The zero-order valence-corrected chi connectivity index (χ0v) is 10.6. The molecule has 1 fully saturated rings. The number of hydrogen-bond donors (Lipinski definition) is 0. The lowest BCUT2D eigenvalue weighted by Crippen LogP contribution is -2.34. The summed E-state index contributed by atoms with van der Waals surface area (Å²) in [6.07, 6.45) is 0. The highest BCUT2D eigenvalue weighted by atomic mass is 16.6. The molecule has 1 atom stereocenters. The molecule has 0 aromatic carbocycles. The van der Waals surface area contributed by atoms with Crippen molar-refractivity contribution < 1.29 is 19.1 Å². The van der Waals surface area contributed by atoms with Crippen LogP contribution < -0.4 is 0 Å². The lowest BCUT2D eigenvalue weighted by molar-refractivity contribution is -0.166. The first-order chi connectivity index (χ1) is 7.91. The SMILES string of the molecule is CCOC(=O)C1(C(=O)OCC)C(C#N)C1(C)C. The first-order valence-electron chi connectivity index (χ1n) is 5.65. The van der Waals surface area contributed by atoms with E-state index >= 15 is 0 Å². The van der Waals surface area contributed by atoms with Crippen molar-refractivity contribution in [3.05, 3.63) is 0 Å². The van der Waals surface area contributed by atoms with Gasteiger partial charge in [-0.1, -0.05) is 13.8 Å². The quantitative estimate of drug-likeness (QED) is 0.545. The predicted molar refractivity (Wildman–Crippen MR) is 58.6 cm³/mol. The van der Waals surface area contributed by atoms with Crippen molar-refractivity contribution in [3.8, 4) is 6.07 Å². The molecule has 0 bridgehead atoms. The van der Waals surface area contributed by atoms with Crippen molar-refractivity contribution in [2.45, 2.75) is 27.7 Å². The summed E-state index contributed by atoms with van der Waals surface area (Å²) in [5.41, 5.74) is -2.19. The fraction of sp³-hybridized carbons (Fsp3) is 0.750. The number of hydrogen-bond acceptors (Lipinski definition) is 5.